The van der Waals surface area contributed by atoms with E-state index in [0.29, 0.717) is 5.16 Å². The molecule has 0 bridgehead atoms. The summed E-state index contributed by atoms with van der Waals surface area (Å²) in [5, 5.41) is 12.6. The van der Waals surface area contributed by atoms with Crippen LogP contribution in [0.25, 0.3) is 17.1 Å². The molecule has 6 heteroatoms. The normalized spacial score (nSPS) is 10.8. The van der Waals surface area contributed by atoms with Gasteiger partial charge in [0.2, 0.25) is 5.91 Å². The van der Waals surface area contributed by atoms with Crippen LogP contribution < -0.4 is 5.32 Å². The van der Waals surface area contributed by atoms with Gasteiger partial charge in [-0.25, -0.2) is 0 Å². The van der Waals surface area contributed by atoms with E-state index in [0.717, 1.165) is 40.3 Å². The summed E-state index contributed by atoms with van der Waals surface area (Å²) in [7, 11) is 0. The van der Waals surface area contributed by atoms with Crippen LogP contribution in [0.15, 0.2) is 78.0 Å². The number of amides is 1. The average Bonchev–Trinajstić information content (AvgIpc) is 3.24. The Morgan fingerprint density at radius 3 is 2.41 bits per heavy atom. The van der Waals surface area contributed by atoms with E-state index in [2.05, 4.69) is 59.7 Å². The zero-order valence-corrected chi connectivity index (χ0v) is 19.3. The summed E-state index contributed by atoms with van der Waals surface area (Å²) in [5.41, 5.74) is 6.24. The van der Waals surface area contributed by atoms with Crippen LogP contribution in [0.5, 0.6) is 0 Å². The summed E-state index contributed by atoms with van der Waals surface area (Å²) in [6, 6.07) is 24.3. The molecule has 5 nitrogen and oxygen atoms in total. The van der Waals surface area contributed by atoms with E-state index in [9.17, 15) is 4.79 Å². The highest BCUT2D eigenvalue weighted by molar-refractivity contribution is 7.99. The van der Waals surface area contributed by atoms with Crippen molar-refractivity contribution < 1.29 is 4.79 Å². The Bertz CT molecular complexity index is 1220. The van der Waals surface area contributed by atoms with Crippen molar-refractivity contribution in [3.05, 3.63) is 89.5 Å². The molecule has 0 aliphatic rings. The molecular formula is C26H26N4OS. The maximum absolute atomic E-state index is 12.8. The van der Waals surface area contributed by atoms with E-state index >= 15 is 0 Å². The Morgan fingerprint density at radius 1 is 0.938 bits per heavy atom. The van der Waals surface area contributed by atoms with Gasteiger partial charge in [0.25, 0.3) is 0 Å². The number of hydrogen-bond acceptors (Lipinski definition) is 4. The molecule has 0 saturated heterocycles. The molecule has 0 aliphatic heterocycles. The molecular weight excluding hydrogens is 416 g/mol. The third-order valence-electron chi connectivity index (χ3n) is 5.29. The third-order valence-corrected chi connectivity index (χ3v) is 6.22. The summed E-state index contributed by atoms with van der Waals surface area (Å²) in [5.74, 6) is 0.944. The molecule has 0 atom stereocenters. The second-order valence-electron chi connectivity index (χ2n) is 7.64. The first-order valence-corrected chi connectivity index (χ1v) is 11.6. The number of benzene rings is 3. The number of thioether (sulfide) groups is 1. The minimum atomic E-state index is -0.0567. The first kappa shape index (κ1) is 21.8. The molecule has 0 fully saturated rings. The van der Waals surface area contributed by atoms with Gasteiger partial charge in [-0.05, 0) is 43.5 Å². The van der Waals surface area contributed by atoms with Crippen molar-refractivity contribution >= 4 is 23.4 Å². The summed E-state index contributed by atoms with van der Waals surface area (Å²) in [6.07, 6.45) is 0.868. The zero-order valence-electron chi connectivity index (χ0n) is 18.5. The monoisotopic (exact) mass is 442 g/mol. The van der Waals surface area contributed by atoms with Crippen LogP contribution in [-0.4, -0.2) is 26.4 Å². The Hall–Kier alpha value is -3.38. The van der Waals surface area contributed by atoms with E-state index in [4.69, 9.17) is 0 Å². The van der Waals surface area contributed by atoms with E-state index in [1.807, 2.05) is 54.0 Å². The Balaban J connectivity index is 1.60. The molecule has 0 radical (unpaired) electrons. The second kappa shape index (κ2) is 9.83. The predicted molar refractivity (Wildman–Crippen MR) is 131 cm³/mol. The lowest BCUT2D eigenvalue weighted by Gasteiger charge is -2.13. The number of carbonyl (C=O) groups is 1. The van der Waals surface area contributed by atoms with Crippen molar-refractivity contribution in [1.82, 2.24) is 14.8 Å². The van der Waals surface area contributed by atoms with E-state index in [1.165, 1.54) is 17.3 Å². The number of aromatic nitrogens is 3. The van der Waals surface area contributed by atoms with Crippen LogP contribution in [0.1, 0.15) is 23.6 Å². The lowest BCUT2D eigenvalue weighted by Crippen LogP contribution is -2.16. The predicted octanol–water partition coefficient (Wildman–Crippen LogP) is 5.84. The van der Waals surface area contributed by atoms with E-state index < -0.39 is 0 Å². The number of nitrogens with zero attached hydrogens (tertiary/aromatic N) is 3. The fourth-order valence-electron chi connectivity index (χ4n) is 3.57. The van der Waals surface area contributed by atoms with Gasteiger partial charge in [-0.15, -0.1) is 10.2 Å². The maximum Gasteiger partial charge on any atom is 0.234 e. The molecule has 1 heterocycles. The van der Waals surface area contributed by atoms with Crippen LogP contribution in [-0.2, 0) is 11.2 Å². The summed E-state index contributed by atoms with van der Waals surface area (Å²) in [4.78, 5) is 12.8. The summed E-state index contributed by atoms with van der Waals surface area (Å²) < 4.78 is 2.01. The fourth-order valence-corrected chi connectivity index (χ4v) is 4.32. The molecule has 162 valence electrons. The van der Waals surface area contributed by atoms with Crippen molar-refractivity contribution in [3.63, 3.8) is 0 Å². The number of nitrogens with one attached hydrogen (secondary N) is 1. The molecule has 0 spiro atoms. The molecule has 1 N–H and O–H groups in total. The van der Waals surface area contributed by atoms with Gasteiger partial charge in [0.05, 0.1) is 5.75 Å². The minimum Gasteiger partial charge on any atom is -0.325 e. The van der Waals surface area contributed by atoms with Crippen LogP contribution in [0.3, 0.4) is 0 Å². The summed E-state index contributed by atoms with van der Waals surface area (Å²) in [6.45, 7) is 6.17. The highest BCUT2D eigenvalue weighted by Crippen LogP contribution is 2.28. The molecule has 4 rings (SSSR count). The maximum atomic E-state index is 12.8. The van der Waals surface area contributed by atoms with Gasteiger partial charge in [0, 0.05) is 16.9 Å². The molecule has 1 aromatic heterocycles. The van der Waals surface area contributed by atoms with Crippen molar-refractivity contribution in [2.75, 3.05) is 11.1 Å². The number of rotatable bonds is 7. The van der Waals surface area contributed by atoms with Gasteiger partial charge in [-0.2, -0.15) is 0 Å². The lowest BCUT2D eigenvalue weighted by molar-refractivity contribution is -0.113. The van der Waals surface area contributed by atoms with Crippen LogP contribution in [0.2, 0.25) is 0 Å². The number of hydrogen-bond donors (Lipinski definition) is 1. The summed E-state index contributed by atoms with van der Waals surface area (Å²) >= 11 is 1.39. The first-order valence-electron chi connectivity index (χ1n) is 10.7. The van der Waals surface area contributed by atoms with Crippen molar-refractivity contribution in [2.24, 2.45) is 0 Å². The first-order chi connectivity index (χ1) is 15.6. The smallest absolute Gasteiger partial charge is 0.234 e. The number of anilines is 1. The van der Waals surface area contributed by atoms with Crippen molar-refractivity contribution in [3.8, 4) is 17.1 Å². The minimum absolute atomic E-state index is 0.0567. The van der Waals surface area contributed by atoms with Gasteiger partial charge in [-0.1, -0.05) is 84.9 Å². The third kappa shape index (κ3) is 4.75. The molecule has 1 amide bonds. The van der Waals surface area contributed by atoms with Crippen LogP contribution in [0, 0.1) is 13.8 Å². The van der Waals surface area contributed by atoms with Crippen molar-refractivity contribution in [1.29, 1.82) is 0 Å². The lowest BCUT2D eigenvalue weighted by atomic mass is 10.1. The van der Waals surface area contributed by atoms with E-state index in [1.54, 1.807) is 0 Å². The molecule has 32 heavy (non-hydrogen) atoms. The zero-order chi connectivity index (χ0) is 22.5. The van der Waals surface area contributed by atoms with Gasteiger partial charge in [0.1, 0.15) is 0 Å². The van der Waals surface area contributed by atoms with Crippen molar-refractivity contribution in [2.45, 2.75) is 32.3 Å². The SMILES string of the molecule is CCc1cccc(C)c1NC(=O)CSc1nnc(-c2ccccc2)n1-c1ccc(C)cc1. The topological polar surface area (TPSA) is 59.8 Å². The fraction of sp³-hybridized carbons (Fsp3) is 0.192. The van der Waals surface area contributed by atoms with Gasteiger partial charge in [0.15, 0.2) is 11.0 Å². The molecule has 0 aliphatic carbocycles. The van der Waals surface area contributed by atoms with Gasteiger partial charge in [-0.3, -0.25) is 9.36 Å². The molecule has 3 aromatic carbocycles. The van der Waals surface area contributed by atoms with Crippen LogP contribution >= 0.6 is 11.8 Å². The second-order valence-corrected chi connectivity index (χ2v) is 8.59. The largest absolute Gasteiger partial charge is 0.325 e. The Labute approximate surface area is 192 Å². The molecule has 0 unspecified atom stereocenters. The standard InChI is InChI=1S/C26H26N4OS/c1-4-20-12-8-9-19(3)24(20)27-23(31)17-32-26-29-28-25(21-10-6-5-7-11-21)30(26)22-15-13-18(2)14-16-22/h5-16H,4,17H2,1-3H3,(H,27,31). The van der Waals surface area contributed by atoms with Gasteiger partial charge >= 0.3 is 0 Å². The van der Waals surface area contributed by atoms with E-state index in [-0.39, 0.29) is 11.7 Å². The number of carbonyl (C=O) groups excluding carboxylic acids is 1. The Kier molecular flexibility index (Phi) is 6.71. The quantitative estimate of drug-likeness (QED) is 0.365. The molecule has 0 saturated carbocycles. The number of para-hydroxylation sites is 1. The Morgan fingerprint density at radius 2 is 1.69 bits per heavy atom. The number of aryl methyl sites for hydroxylation is 3. The highest BCUT2D eigenvalue weighted by atomic mass is 32.2. The molecule has 4 aromatic rings. The highest BCUT2D eigenvalue weighted by Gasteiger charge is 2.18. The average molecular weight is 443 g/mol. The van der Waals surface area contributed by atoms with Crippen LogP contribution in [0.4, 0.5) is 5.69 Å². The van der Waals surface area contributed by atoms with Gasteiger partial charge < -0.3 is 5.32 Å².